The number of fused-ring (bicyclic) bond motifs is 2. The van der Waals surface area contributed by atoms with Gasteiger partial charge in [0, 0.05) is 82.0 Å². The Morgan fingerprint density at radius 2 is 1.34 bits per heavy atom. The summed E-state index contributed by atoms with van der Waals surface area (Å²) in [6, 6.07) is 15.8. The van der Waals surface area contributed by atoms with E-state index >= 15 is 0 Å². The molecule has 0 saturated carbocycles. The summed E-state index contributed by atoms with van der Waals surface area (Å²) >= 11 is 0. The highest BCUT2D eigenvalue weighted by molar-refractivity contribution is 5.78. The quantitative estimate of drug-likeness (QED) is 0.153. The summed E-state index contributed by atoms with van der Waals surface area (Å²) in [5.74, 6) is 4.23. The molecule has 20 nitrogen and oxygen atoms in total. The lowest BCUT2D eigenvalue weighted by molar-refractivity contribution is -0.123. The molecular weight excluding hydrogens is 871 g/mol. The monoisotopic (exact) mass is 927 g/mol. The van der Waals surface area contributed by atoms with E-state index in [0.29, 0.717) is 51.3 Å². The molecule has 2 aromatic carbocycles. The average molecular weight is 928 g/mol. The highest BCUT2D eigenvalue weighted by Gasteiger charge is 2.33. The SMILES string of the molecule is COC(=O)N1CCN(CCNCc2ccc3c(c2)OCO3)C(c2cc(C)nc(-n3ccnc3)n2)C1.Cc1cc(C2CCCCN2CC(=O)NCc2ccc3c(c2)OCCO3)nc(-n2ccnc2)n1. The van der Waals surface area contributed by atoms with E-state index in [2.05, 4.69) is 40.4 Å². The lowest BCUT2D eigenvalue weighted by atomic mass is 9.98. The second-order valence-corrected chi connectivity index (χ2v) is 17.0. The molecule has 8 heterocycles. The first-order valence-electron chi connectivity index (χ1n) is 23.0. The van der Waals surface area contributed by atoms with Crippen molar-refractivity contribution >= 4 is 12.0 Å². The van der Waals surface area contributed by atoms with Crippen molar-refractivity contribution in [2.45, 2.75) is 58.3 Å². The van der Waals surface area contributed by atoms with Crippen molar-refractivity contribution in [3.8, 4) is 34.9 Å². The summed E-state index contributed by atoms with van der Waals surface area (Å²) in [6.45, 7) is 11.1. The van der Waals surface area contributed by atoms with E-state index in [9.17, 15) is 9.59 Å². The van der Waals surface area contributed by atoms with E-state index in [1.807, 2.05) is 79.3 Å². The number of aryl methyl sites for hydroxylation is 2. The summed E-state index contributed by atoms with van der Waals surface area (Å²) in [7, 11) is 1.41. The minimum absolute atomic E-state index is 0.00241. The molecular formula is C48H57N13O7. The third-order valence-electron chi connectivity index (χ3n) is 12.2. The van der Waals surface area contributed by atoms with Crippen molar-refractivity contribution in [3.63, 3.8) is 0 Å². The second kappa shape index (κ2) is 21.6. The van der Waals surface area contributed by atoms with Crippen molar-refractivity contribution in [1.29, 1.82) is 0 Å². The zero-order valence-corrected chi connectivity index (χ0v) is 38.6. The van der Waals surface area contributed by atoms with E-state index in [-0.39, 0.29) is 30.9 Å². The molecule has 0 bridgehead atoms. The molecule has 0 radical (unpaired) electrons. The molecule has 10 rings (SSSR count). The van der Waals surface area contributed by atoms with Gasteiger partial charge in [-0.2, -0.15) is 0 Å². The molecule has 20 heteroatoms. The Kier molecular flexibility index (Phi) is 14.6. The first kappa shape index (κ1) is 46.0. The Hall–Kier alpha value is -7.16. The topological polar surface area (TPSA) is 201 Å². The van der Waals surface area contributed by atoms with Crippen molar-refractivity contribution in [2.24, 2.45) is 0 Å². The van der Waals surface area contributed by atoms with Gasteiger partial charge in [0.1, 0.15) is 25.9 Å². The lowest BCUT2D eigenvalue weighted by Crippen LogP contribution is -2.52. The summed E-state index contributed by atoms with van der Waals surface area (Å²) in [5, 5.41) is 6.56. The first-order valence-corrected chi connectivity index (χ1v) is 23.0. The van der Waals surface area contributed by atoms with Crippen molar-refractivity contribution < 1.29 is 33.3 Å². The summed E-state index contributed by atoms with van der Waals surface area (Å²) < 4.78 is 30.6. The molecule has 2 saturated heterocycles. The number of nitrogens with one attached hydrogen (secondary N) is 2. The molecule has 0 spiro atoms. The standard InChI is InChI=1S/C24H29N7O4.C24H28N6O3/c1-17-11-19(28-23(27-17)31-8-6-26-15-31)20-14-30(24(32)33-2)10-9-29(20)7-5-25-13-18-3-4-21-22(12-18)35-16-34-21;1-17-12-19(28-24(27-17)30-9-7-25-16-30)20-4-2-3-8-29(20)15-23(31)26-14-18-5-6-21-22(13-18)33-11-10-32-21/h3-4,6,8,11-12,15,20,25H,5,7,9-10,13-14,16H2,1-2H3;5-7,9,12-13,16,20H,2-4,8,10-11,14-15H2,1H3,(H,26,31). The lowest BCUT2D eigenvalue weighted by Gasteiger charge is -2.40. The summed E-state index contributed by atoms with van der Waals surface area (Å²) in [6.07, 6.45) is 13.3. The number of ether oxygens (including phenoxy) is 5. The molecule has 4 aromatic heterocycles. The highest BCUT2D eigenvalue weighted by Crippen LogP contribution is 2.34. The molecule has 2 amide bonds. The molecule has 0 aliphatic carbocycles. The third-order valence-corrected chi connectivity index (χ3v) is 12.2. The number of piperidine rings is 1. The number of amides is 2. The van der Waals surface area contributed by atoms with Gasteiger partial charge < -0.3 is 39.2 Å². The van der Waals surface area contributed by atoms with Gasteiger partial charge in [0.15, 0.2) is 23.0 Å². The Balaban J connectivity index is 0.000000170. The zero-order chi connectivity index (χ0) is 46.8. The number of carbonyl (C=O) groups is 2. The Morgan fingerprint density at radius 1 is 0.706 bits per heavy atom. The van der Waals surface area contributed by atoms with Gasteiger partial charge in [-0.05, 0) is 80.8 Å². The van der Waals surface area contributed by atoms with Crippen LogP contribution in [0.3, 0.4) is 0 Å². The molecule has 2 unspecified atom stereocenters. The third kappa shape index (κ3) is 11.3. The fraction of sp³-hybridized carbons (Fsp3) is 0.417. The Labute approximate surface area is 394 Å². The minimum atomic E-state index is -0.323. The van der Waals surface area contributed by atoms with Crippen molar-refractivity contribution in [3.05, 3.63) is 120 Å². The first-order chi connectivity index (χ1) is 33.3. The largest absolute Gasteiger partial charge is 0.486 e. The number of likely N-dealkylation sites (tertiary alicyclic amines) is 1. The number of nitrogens with zero attached hydrogens (tertiary/aromatic N) is 11. The van der Waals surface area contributed by atoms with Crippen molar-refractivity contribution in [2.75, 3.05) is 72.9 Å². The molecule has 6 aromatic rings. The van der Waals surface area contributed by atoms with Crippen LogP contribution in [0.5, 0.6) is 23.0 Å². The van der Waals surface area contributed by atoms with E-state index in [1.165, 1.54) is 7.11 Å². The van der Waals surface area contributed by atoms with Gasteiger partial charge in [-0.1, -0.05) is 18.6 Å². The maximum absolute atomic E-state index is 12.8. The Bertz CT molecular complexity index is 2650. The fourth-order valence-corrected chi connectivity index (χ4v) is 8.80. The number of piperazine rings is 1. The van der Waals surface area contributed by atoms with Crippen LogP contribution in [0, 0.1) is 13.8 Å². The van der Waals surface area contributed by atoms with Crippen LogP contribution in [0.4, 0.5) is 4.79 Å². The van der Waals surface area contributed by atoms with Crippen LogP contribution in [-0.4, -0.2) is 139 Å². The van der Waals surface area contributed by atoms with Crippen LogP contribution < -0.4 is 29.6 Å². The van der Waals surface area contributed by atoms with E-state index < -0.39 is 0 Å². The number of aromatic nitrogens is 8. The predicted molar refractivity (Wildman–Crippen MR) is 248 cm³/mol. The summed E-state index contributed by atoms with van der Waals surface area (Å²) in [5.41, 5.74) is 5.69. The minimum Gasteiger partial charge on any atom is -0.486 e. The van der Waals surface area contributed by atoms with E-state index in [0.717, 1.165) is 109 Å². The zero-order valence-electron chi connectivity index (χ0n) is 38.6. The van der Waals surface area contributed by atoms with Crippen LogP contribution in [0.1, 0.15) is 65.2 Å². The van der Waals surface area contributed by atoms with Crippen LogP contribution in [0.25, 0.3) is 11.9 Å². The van der Waals surface area contributed by atoms with Gasteiger partial charge in [-0.3, -0.25) is 23.7 Å². The Morgan fingerprint density at radius 3 is 2.01 bits per heavy atom. The van der Waals surface area contributed by atoms with Gasteiger partial charge in [-0.25, -0.2) is 34.7 Å². The number of hydrogen-bond acceptors (Lipinski definition) is 16. The van der Waals surface area contributed by atoms with E-state index in [4.69, 9.17) is 33.7 Å². The number of hydrogen-bond donors (Lipinski definition) is 2. The van der Waals surface area contributed by atoms with Gasteiger partial charge >= 0.3 is 6.09 Å². The molecule has 68 heavy (non-hydrogen) atoms. The highest BCUT2D eigenvalue weighted by atomic mass is 16.7. The van der Waals surface area contributed by atoms with Gasteiger partial charge in [0.05, 0.1) is 37.1 Å². The molecule has 356 valence electrons. The molecule has 2 N–H and O–H groups in total. The fourth-order valence-electron chi connectivity index (χ4n) is 8.80. The van der Waals surface area contributed by atoms with Crippen LogP contribution in [-0.2, 0) is 22.6 Å². The van der Waals surface area contributed by atoms with Gasteiger partial charge in [-0.15, -0.1) is 0 Å². The molecule has 2 fully saturated rings. The normalized spacial score (nSPS) is 17.8. The van der Waals surface area contributed by atoms with Gasteiger partial charge in [0.2, 0.25) is 24.6 Å². The van der Waals surface area contributed by atoms with Crippen molar-refractivity contribution in [1.82, 2.24) is 64.4 Å². The van der Waals surface area contributed by atoms with E-state index in [1.54, 1.807) is 34.5 Å². The number of imidazole rings is 2. The maximum atomic E-state index is 12.8. The maximum Gasteiger partial charge on any atom is 0.409 e. The van der Waals surface area contributed by atoms with Crippen LogP contribution in [0.15, 0.2) is 86.0 Å². The molecule has 4 aliphatic rings. The number of rotatable bonds is 13. The smallest absolute Gasteiger partial charge is 0.409 e. The second-order valence-electron chi connectivity index (χ2n) is 17.0. The van der Waals surface area contributed by atoms with Crippen LogP contribution in [0.2, 0.25) is 0 Å². The summed E-state index contributed by atoms with van der Waals surface area (Å²) in [4.78, 5) is 58.3. The average Bonchev–Trinajstić information content (AvgIpc) is 4.20. The number of benzene rings is 2. The van der Waals surface area contributed by atoms with Gasteiger partial charge in [0.25, 0.3) is 0 Å². The number of carbonyl (C=O) groups excluding carboxylic acids is 2. The molecule has 2 atom stereocenters. The number of methoxy groups -OCH3 is 1. The molecule has 4 aliphatic heterocycles. The predicted octanol–water partition coefficient (Wildman–Crippen LogP) is 4.50. The van der Waals surface area contributed by atoms with Crippen LogP contribution >= 0.6 is 0 Å².